The SMILES string of the molecule is COC(=O)[C@H]1O[C@@H](OC)C[C@@H](NC(C)=O)[C@H]1O. The van der Waals surface area contributed by atoms with E-state index >= 15 is 0 Å². The van der Waals surface area contributed by atoms with E-state index in [2.05, 4.69) is 10.1 Å². The Hall–Kier alpha value is -1.18. The first-order valence-corrected chi connectivity index (χ1v) is 5.20. The molecule has 98 valence electrons. The van der Waals surface area contributed by atoms with Gasteiger partial charge in [-0.2, -0.15) is 0 Å². The lowest BCUT2D eigenvalue weighted by atomic mass is 9.98. The molecule has 1 aliphatic rings. The number of carbonyl (C=O) groups excluding carboxylic acids is 2. The standard InChI is InChI=1S/C10H17NO6/c1-5(12)11-6-4-7(15-2)17-9(8(6)13)10(14)16-3/h6-9,13H,4H2,1-3H3,(H,11,12)/t6-,7-,8-,9+/m1/s1. The molecule has 7 nitrogen and oxygen atoms in total. The van der Waals surface area contributed by atoms with Crippen LogP contribution < -0.4 is 5.32 Å². The minimum atomic E-state index is -1.16. The van der Waals surface area contributed by atoms with Crippen LogP contribution in [0.4, 0.5) is 0 Å². The van der Waals surface area contributed by atoms with Gasteiger partial charge in [-0.05, 0) is 0 Å². The fourth-order valence-corrected chi connectivity index (χ4v) is 1.73. The van der Waals surface area contributed by atoms with E-state index < -0.39 is 30.5 Å². The molecule has 0 aromatic carbocycles. The second-order valence-corrected chi connectivity index (χ2v) is 3.78. The molecule has 1 aliphatic heterocycles. The van der Waals surface area contributed by atoms with Crippen molar-refractivity contribution in [3.8, 4) is 0 Å². The van der Waals surface area contributed by atoms with Crippen molar-refractivity contribution in [3.05, 3.63) is 0 Å². The largest absolute Gasteiger partial charge is 0.467 e. The number of carbonyl (C=O) groups is 2. The van der Waals surface area contributed by atoms with Crippen molar-refractivity contribution in [2.24, 2.45) is 0 Å². The number of rotatable bonds is 3. The number of hydrogen-bond acceptors (Lipinski definition) is 6. The van der Waals surface area contributed by atoms with Crippen LogP contribution in [-0.4, -0.2) is 55.7 Å². The highest BCUT2D eigenvalue weighted by atomic mass is 16.7. The fraction of sp³-hybridized carbons (Fsp3) is 0.800. The molecule has 0 radical (unpaired) electrons. The van der Waals surface area contributed by atoms with Gasteiger partial charge in [0.05, 0.1) is 13.2 Å². The van der Waals surface area contributed by atoms with E-state index in [0.29, 0.717) is 0 Å². The zero-order valence-electron chi connectivity index (χ0n) is 10.0. The first-order valence-electron chi connectivity index (χ1n) is 5.20. The van der Waals surface area contributed by atoms with Crippen molar-refractivity contribution in [1.82, 2.24) is 5.32 Å². The van der Waals surface area contributed by atoms with Crippen molar-refractivity contribution in [1.29, 1.82) is 0 Å². The summed E-state index contributed by atoms with van der Waals surface area (Å²) in [5, 5.41) is 12.4. The number of aliphatic hydroxyl groups excluding tert-OH is 1. The van der Waals surface area contributed by atoms with Gasteiger partial charge in [0.15, 0.2) is 12.4 Å². The van der Waals surface area contributed by atoms with Crippen LogP contribution in [0.15, 0.2) is 0 Å². The molecule has 0 aromatic heterocycles. The van der Waals surface area contributed by atoms with E-state index in [0.717, 1.165) is 0 Å². The van der Waals surface area contributed by atoms with Gasteiger partial charge in [0, 0.05) is 20.5 Å². The molecule has 0 unspecified atom stereocenters. The molecule has 1 saturated heterocycles. The zero-order chi connectivity index (χ0) is 13.0. The molecule has 17 heavy (non-hydrogen) atoms. The van der Waals surface area contributed by atoms with Crippen LogP contribution in [0, 0.1) is 0 Å². The summed E-state index contributed by atoms with van der Waals surface area (Å²) in [4.78, 5) is 22.4. The fourth-order valence-electron chi connectivity index (χ4n) is 1.73. The summed E-state index contributed by atoms with van der Waals surface area (Å²) in [5.41, 5.74) is 0. The van der Waals surface area contributed by atoms with E-state index in [4.69, 9.17) is 9.47 Å². The Morgan fingerprint density at radius 2 is 2.06 bits per heavy atom. The third-order valence-electron chi connectivity index (χ3n) is 2.55. The molecule has 7 heteroatoms. The van der Waals surface area contributed by atoms with Gasteiger partial charge >= 0.3 is 5.97 Å². The minimum absolute atomic E-state index is 0.269. The molecule has 0 aromatic rings. The Balaban J connectivity index is 2.77. The number of amides is 1. The number of hydrogen-bond donors (Lipinski definition) is 2. The summed E-state index contributed by atoms with van der Waals surface area (Å²) >= 11 is 0. The molecular weight excluding hydrogens is 230 g/mol. The maximum atomic E-state index is 11.4. The summed E-state index contributed by atoms with van der Waals surface area (Å²) in [6, 6.07) is -0.602. The summed E-state index contributed by atoms with van der Waals surface area (Å²) in [6.07, 6.45) is -2.71. The normalized spacial score (nSPS) is 32.9. The Kier molecular flexibility index (Phi) is 4.86. The van der Waals surface area contributed by atoms with Gasteiger partial charge in [-0.3, -0.25) is 4.79 Å². The van der Waals surface area contributed by atoms with Gasteiger partial charge in [-0.1, -0.05) is 0 Å². The Morgan fingerprint density at radius 3 is 2.53 bits per heavy atom. The summed E-state index contributed by atoms with van der Waals surface area (Å²) in [5.74, 6) is -0.996. The zero-order valence-corrected chi connectivity index (χ0v) is 10.0. The summed E-state index contributed by atoms with van der Waals surface area (Å²) in [7, 11) is 2.61. The predicted molar refractivity (Wildman–Crippen MR) is 55.9 cm³/mol. The van der Waals surface area contributed by atoms with Crippen molar-refractivity contribution in [2.75, 3.05) is 14.2 Å². The first kappa shape index (κ1) is 13.9. The summed E-state index contributed by atoms with van der Waals surface area (Å²) in [6.45, 7) is 1.33. The van der Waals surface area contributed by atoms with Crippen LogP contribution in [0.2, 0.25) is 0 Å². The maximum absolute atomic E-state index is 11.4. The molecule has 1 heterocycles. The molecule has 0 spiro atoms. The van der Waals surface area contributed by atoms with E-state index in [9.17, 15) is 14.7 Å². The predicted octanol–water partition coefficient (Wildman–Crippen LogP) is -1.21. The average Bonchev–Trinajstić information content (AvgIpc) is 2.30. The van der Waals surface area contributed by atoms with Gasteiger partial charge in [0.1, 0.15) is 6.10 Å². The third-order valence-corrected chi connectivity index (χ3v) is 2.55. The highest BCUT2D eigenvalue weighted by molar-refractivity contribution is 5.76. The molecule has 0 aliphatic carbocycles. The van der Waals surface area contributed by atoms with Crippen LogP contribution in [0.1, 0.15) is 13.3 Å². The van der Waals surface area contributed by atoms with Crippen LogP contribution in [-0.2, 0) is 23.8 Å². The van der Waals surface area contributed by atoms with Crippen molar-refractivity contribution < 1.29 is 28.9 Å². The monoisotopic (exact) mass is 247 g/mol. The number of esters is 1. The molecule has 0 bridgehead atoms. The third kappa shape index (κ3) is 3.39. The Labute approximate surface area is 99.0 Å². The van der Waals surface area contributed by atoms with Gasteiger partial charge < -0.3 is 24.6 Å². The van der Waals surface area contributed by atoms with Crippen LogP contribution >= 0.6 is 0 Å². The lowest BCUT2D eigenvalue weighted by molar-refractivity contribution is -0.228. The average molecular weight is 247 g/mol. The number of methoxy groups -OCH3 is 2. The molecule has 2 N–H and O–H groups in total. The lowest BCUT2D eigenvalue weighted by Gasteiger charge is -2.37. The van der Waals surface area contributed by atoms with Crippen LogP contribution in [0.5, 0.6) is 0 Å². The van der Waals surface area contributed by atoms with E-state index in [1.165, 1.54) is 21.1 Å². The second kappa shape index (κ2) is 5.95. The molecule has 4 atom stereocenters. The topological polar surface area (TPSA) is 94.1 Å². The highest BCUT2D eigenvalue weighted by Crippen LogP contribution is 2.21. The number of ether oxygens (including phenoxy) is 3. The Morgan fingerprint density at radius 1 is 1.41 bits per heavy atom. The van der Waals surface area contributed by atoms with Crippen molar-refractivity contribution in [2.45, 2.75) is 37.9 Å². The molecule has 1 fully saturated rings. The number of nitrogens with one attached hydrogen (secondary N) is 1. The minimum Gasteiger partial charge on any atom is -0.467 e. The highest BCUT2D eigenvalue weighted by Gasteiger charge is 2.42. The second-order valence-electron chi connectivity index (χ2n) is 3.78. The van der Waals surface area contributed by atoms with Gasteiger partial charge in [0.2, 0.25) is 5.91 Å². The van der Waals surface area contributed by atoms with Crippen molar-refractivity contribution in [3.63, 3.8) is 0 Å². The van der Waals surface area contributed by atoms with Gasteiger partial charge in [0.25, 0.3) is 0 Å². The quantitative estimate of drug-likeness (QED) is 0.607. The van der Waals surface area contributed by atoms with Crippen LogP contribution in [0.25, 0.3) is 0 Å². The van der Waals surface area contributed by atoms with E-state index in [1.54, 1.807) is 0 Å². The molecular formula is C10H17NO6. The van der Waals surface area contributed by atoms with E-state index in [-0.39, 0.29) is 12.3 Å². The number of aliphatic hydroxyl groups is 1. The summed E-state index contributed by atoms with van der Waals surface area (Å²) < 4.78 is 14.7. The lowest BCUT2D eigenvalue weighted by Crippen LogP contribution is -2.58. The van der Waals surface area contributed by atoms with Crippen molar-refractivity contribution >= 4 is 11.9 Å². The molecule has 1 rings (SSSR count). The van der Waals surface area contributed by atoms with Gasteiger partial charge in [-0.25, -0.2) is 4.79 Å². The smallest absolute Gasteiger partial charge is 0.337 e. The first-order chi connectivity index (χ1) is 7.99. The van der Waals surface area contributed by atoms with Crippen LogP contribution in [0.3, 0.4) is 0 Å². The van der Waals surface area contributed by atoms with Gasteiger partial charge in [-0.15, -0.1) is 0 Å². The maximum Gasteiger partial charge on any atom is 0.337 e. The molecule has 0 saturated carbocycles. The Bertz CT molecular complexity index is 295. The molecule has 1 amide bonds. The van der Waals surface area contributed by atoms with E-state index in [1.807, 2.05) is 0 Å².